The number of aromatic carboxylic acids is 1. The average Bonchev–Trinajstić information content (AvgIpc) is 2.55. The van der Waals surface area contributed by atoms with Gasteiger partial charge in [0.25, 0.3) is 0 Å². The largest absolute Gasteiger partial charge is 0.476 e. The second-order valence-corrected chi connectivity index (χ2v) is 2.76. The van der Waals surface area contributed by atoms with Crippen LogP contribution in [0.1, 0.15) is 16.2 Å². The molecule has 1 heterocycles. The number of carbonyl (C=O) groups is 1. The number of carboxylic acids is 1. The van der Waals surface area contributed by atoms with Crippen LogP contribution >= 0.6 is 0 Å². The van der Waals surface area contributed by atoms with Gasteiger partial charge in [-0.05, 0) is 6.07 Å². The Kier molecular flexibility index (Phi) is 3.85. The van der Waals surface area contributed by atoms with Crippen molar-refractivity contribution in [2.75, 3.05) is 6.61 Å². The zero-order chi connectivity index (χ0) is 11.3. The minimum atomic E-state index is -1.05. The summed E-state index contributed by atoms with van der Waals surface area (Å²) in [4.78, 5) is 15.4. The molecule has 0 amide bonds. The molecule has 0 radical (unpaired) electrons. The lowest BCUT2D eigenvalue weighted by Crippen LogP contribution is -2.16. The van der Waals surface area contributed by atoms with Crippen LogP contribution in [0.3, 0.4) is 0 Å². The highest BCUT2D eigenvalue weighted by atomic mass is 16.6. The fourth-order valence-corrected chi connectivity index (χ4v) is 0.994. The van der Waals surface area contributed by atoms with Crippen molar-refractivity contribution in [3.05, 3.63) is 17.5 Å². The lowest BCUT2D eigenvalue weighted by molar-refractivity contribution is 0.0600. The Bertz CT molecular complexity index is 392. The van der Waals surface area contributed by atoms with E-state index in [1.807, 2.05) is 0 Å². The first-order chi connectivity index (χ1) is 7.15. The van der Waals surface area contributed by atoms with E-state index in [0.717, 1.165) is 0 Å². The molecule has 1 rings (SSSR count). The molecule has 0 aliphatic heterocycles. The zero-order valence-electron chi connectivity index (χ0n) is 8.23. The maximum atomic E-state index is 10.6. The minimum absolute atomic E-state index is 0.00579. The van der Waals surface area contributed by atoms with Crippen LogP contribution in [0.25, 0.3) is 0 Å². The molecule has 0 saturated carbocycles. The summed E-state index contributed by atoms with van der Waals surface area (Å²) in [6.07, 6.45) is 4.97. The third-order valence-electron chi connectivity index (χ3n) is 1.71. The summed E-state index contributed by atoms with van der Waals surface area (Å²) in [6.45, 7) is 0.502. The Morgan fingerprint density at radius 3 is 3.13 bits per heavy atom. The van der Waals surface area contributed by atoms with E-state index in [0.29, 0.717) is 12.2 Å². The number of hydrogen-bond donors (Lipinski definition) is 2. The van der Waals surface area contributed by atoms with E-state index in [2.05, 4.69) is 16.5 Å². The first-order valence-electron chi connectivity index (χ1n) is 4.19. The number of hydrogen-bond acceptors (Lipinski definition) is 4. The predicted octanol–water partition coefficient (Wildman–Crippen LogP) is -0.227. The van der Waals surface area contributed by atoms with Crippen LogP contribution < -0.4 is 5.48 Å². The van der Waals surface area contributed by atoms with Crippen LogP contribution in [-0.2, 0) is 18.4 Å². The quantitative estimate of drug-likeness (QED) is 0.398. The van der Waals surface area contributed by atoms with Gasteiger partial charge >= 0.3 is 5.97 Å². The summed E-state index contributed by atoms with van der Waals surface area (Å²) in [7, 11) is 1.66. The van der Waals surface area contributed by atoms with Crippen molar-refractivity contribution in [3.63, 3.8) is 0 Å². The van der Waals surface area contributed by atoms with Gasteiger partial charge in [-0.3, -0.25) is 9.52 Å². The molecule has 0 aliphatic carbocycles. The number of carboxylic acid groups (broad SMARTS) is 1. The van der Waals surface area contributed by atoms with Crippen LogP contribution in [-0.4, -0.2) is 27.5 Å². The normalized spacial score (nSPS) is 9.87. The SMILES string of the molecule is C#CCONCc1cc(C(=O)O)nn1C. The molecule has 1 aromatic rings. The summed E-state index contributed by atoms with van der Waals surface area (Å²) in [5.41, 5.74) is 3.30. The maximum absolute atomic E-state index is 10.6. The molecular formula is C9H11N3O3. The molecule has 80 valence electrons. The van der Waals surface area contributed by atoms with Crippen molar-refractivity contribution in [1.29, 1.82) is 0 Å². The van der Waals surface area contributed by atoms with Crippen molar-refractivity contribution in [3.8, 4) is 12.3 Å². The fraction of sp³-hybridized carbons (Fsp3) is 0.333. The van der Waals surface area contributed by atoms with Gasteiger partial charge in [-0.1, -0.05) is 5.92 Å². The van der Waals surface area contributed by atoms with Crippen LogP contribution in [0.4, 0.5) is 0 Å². The zero-order valence-corrected chi connectivity index (χ0v) is 8.23. The molecule has 0 fully saturated rings. The molecular weight excluding hydrogens is 198 g/mol. The van der Waals surface area contributed by atoms with Gasteiger partial charge in [0.1, 0.15) is 6.61 Å². The van der Waals surface area contributed by atoms with E-state index in [4.69, 9.17) is 16.4 Å². The smallest absolute Gasteiger partial charge is 0.356 e. The summed E-state index contributed by atoms with van der Waals surface area (Å²) >= 11 is 0. The highest BCUT2D eigenvalue weighted by molar-refractivity contribution is 5.85. The second kappa shape index (κ2) is 5.14. The average molecular weight is 209 g/mol. The molecule has 0 aromatic carbocycles. The van der Waals surface area contributed by atoms with E-state index in [-0.39, 0.29) is 12.3 Å². The molecule has 6 nitrogen and oxygen atoms in total. The van der Waals surface area contributed by atoms with E-state index >= 15 is 0 Å². The molecule has 0 atom stereocenters. The molecule has 1 aromatic heterocycles. The third kappa shape index (κ3) is 3.09. The molecule has 6 heteroatoms. The summed E-state index contributed by atoms with van der Waals surface area (Å²) in [5, 5.41) is 12.5. The summed E-state index contributed by atoms with van der Waals surface area (Å²) < 4.78 is 1.47. The van der Waals surface area contributed by atoms with Crippen molar-refractivity contribution in [2.24, 2.45) is 7.05 Å². The van der Waals surface area contributed by atoms with E-state index < -0.39 is 5.97 Å². The van der Waals surface area contributed by atoms with Gasteiger partial charge in [0, 0.05) is 7.05 Å². The molecule has 2 N–H and O–H groups in total. The van der Waals surface area contributed by atoms with Crippen LogP contribution in [0.5, 0.6) is 0 Å². The van der Waals surface area contributed by atoms with Gasteiger partial charge in [-0.15, -0.1) is 6.42 Å². The third-order valence-corrected chi connectivity index (χ3v) is 1.71. The molecule has 0 spiro atoms. The Balaban J connectivity index is 2.54. The number of nitrogens with zero attached hydrogens (tertiary/aromatic N) is 2. The number of hydroxylamine groups is 1. The minimum Gasteiger partial charge on any atom is -0.476 e. The van der Waals surface area contributed by atoms with Crippen molar-refractivity contribution in [2.45, 2.75) is 6.54 Å². The summed E-state index contributed by atoms with van der Waals surface area (Å²) in [5.74, 6) is 1.24. The Labute approximate surface area is 86.8 Å². The standard InChI is InChI=1S/C9H11N3O3/c1-3-4-15-10-6-7-5-8(9(13)14)11-12(7)2/h1,5,10H,4,6H2,2H3,(H,13,14). The monoisotopic (exact) mass is 209 g/mol. The van der Waals surface area contributed by atoms with E-state index in [1.54, 1.807) is 7.05 Å². The van der Waals surface area contributed by atoms with Crippen LogP contribution in [0.15, 0.2) is 6.07 Å². The Morgan fingerprint density at radius 1 is 1.87 bits per heavy atom. The van der Waals surface area contributed by atoms with Gasteiger partial charge in [0.2, 0.25) is 0 Å². The number of rotatable bonds is 5. The van der Waals surface area contributed by atoms with Gasteiger partial charge in [0.15, 0.2) is 5.69 Å². The molecule has 0 saturated heterocycles. The van der Waals surface area contributed by atoms with E-state index in [1.165, 1.54) is 10.7 Å². The number of nitrogens with one attached hydrogen (secondary N) is 1. The van der Waals surface area contributed by atoms with E-state index in [9.17, 15) is 4.79 Å². The van der Waals surface area contributed by atoms with Crippen molar-refractivity contribution >= 4 is 5.97 Å². The van der Waals surface area contributed by atoms with Crippen molar-refractivity contribution in [1.82, 2.24) is 15.3 Å². The van der Waals surface area contributed by atoms with Crippen LogP contribution in [0, 0.1) is 12.3 Å². The molecule has 15 heavy (non-hydrogen) atoms. The van der Waals surface area contributed by atoms with Gasteiger partial charge in [0.05, 0.1) is 12.2 Å². The first kappa shape index (κ1) is 11.2. The topological polar surface area (TPSA) is 76.4 Å². The highest BCUT2D eigenvalue weighted by Crippen LogP contribution is 2.02. The first-order valence-corrected chi connectivity index (χ1v) is 4.19. The number of aromatic nitrogens is 2. The fourth-order valence-electron chi connectivity index (χ4n) is 0.994. The molecule has 0 bridgehead atoms. The van der Waals surface area contributed by atoms with Gasteiger partial charge in [-0.2, -0.15) is 10.6 Å². The second-order valence-electron chi connectivity index (χ2n) is 2.76. The van der Waals surface area contributed by atoms with Gasteiger partial charge in [-0.25, -0.2) is 4.79 Å². The lowest BCUT2D eigenvalue weighted by Gasteiger charge is -2.02. The van der Waals surface area contributed by atoms with Gasteiger partial charge < -0.3 is 5.11 Å². The maximum Gasteiger partial charge on any atom is 0.356 e. The molecule has 0 aliphatic rings. The Hall–Kier alpha value is -1.84. The molecule has 0 unspecified atom stereocenters. The summed E-state index contributed by atoms with van der Waals surface area (Å²) in [6, 6.07) is 1.47. The van der Waals surface area contributed by atoms with Crippen molar-refractivity contribution < 1.29 is 14.7 Å². The number of aryl methyl sites for hydroxylation is 1. The highest BCUT2D eigenvalue weighted by Gasteiger charge is 2.10. The predicted molar refractivity (Wildman–Crippen MR) is 51.8 cm³/mol. The Morgan fingerprint density at radius 2 is 2.60 bits per heavy atom. The number of terminal acetylenes is 1. The van der Waals surface area contributed by atoms with Crippen LogP contribution in [0.2, 0.25) is 0 Å². The lowest BCUT2D eigenvalue weighted by atomic mass is 10.3.